The third kappa shape index (κ3) is 4.77. The van der Waals surface area contributed by atoms with E-state index in [0.717, 1.165) is 15.7 Å². The Hall–Kier alpha value is -2.46. The molecule has 1 atom stereocenters. The minimum Gasteiger partial charge on any atom is -0.378 e. The number of halogens is 2. The van der Waals surface area contributed by atoms with E-state index in [2.05, 4.69) is 21.2 Å². The third-order valence-electron chi connectivity index (χ3n) is 3.94. The second-order valence-electron chi connectivity index (χ2n) is 5.75. The Morgan fingerprint density at radius 2 is 1.56 bits per heavy atom. The predicted octanol–water partition coefficient (Wildman–Crippen LogP) is 6.01. The summed E-state index contributed by atoms with van der Waals surface area (Å²) in [5.74, 6) is -0.375. The number of benzene rings is 3. The topological polar surface area (TPSA) is 29.1 Å². The van der Waals surface area contributed by atoms with Crippen LogP contribution in [-0.2, 0) is 0 Å². The van der Waals surface area contributed by atoms with Crippen molar-refractivity contribution < 1.29 is 9.18 Å². The molecule has 2 nitrogen and oxygen atoms in total. The number of para-hydroxylation sites is 1. The van der Waals surface area contributed by atoms with E-state index in [1.54, 1.807) is 0 Å². The minimum absolute atomic E-state index is 0.0312. The number of ketones is 1. The molecule has 0 aliphatic carbocycles. The molecule has 1 N–H and O–H groups in total. The molecule has 0 aliphatic heterocycles. The van der Waals surface area contributed by atoms with Crippen LogP contribution >= 0.6 is 15.9 Å². The average Bonchev–Trinajstić information content (AvgIpc) is 2.63. The number of Topliss-reactive ketones (excluding diaryl/α,β-unsaturated/α-hetero) is 1. The molecule has 0 aromatic heterocycles. The zero-order chi connectivity index (χ0) is 17.6. The molecule has 0 radical (unpaired) electrons. The summed E-state index contributed by atoms with van der Waals surface area (Å²) in [6.45, 7) is 0. The van der Waals surface area contributed by atoms with Gasteiger partial charge >= 0.3 is 0 Å². The number of carbonyl (C=O) groups excluding carboxylic acids is 1. The van der Waals surface area contributed by atoms with Crippen molar-refractivity contribution in [2.75, 3.05) is 5.32 Å². The molecule has 3 aromatic rings. The fourth-order valence-electron chi connectivity index (χ4n) is 2.62. The molecule has 0 bridgehead atoms. The Balaban J connectivity index is 1.83. The molecular formula is C21H17BrFNO. The molecule has 3 aromatic carbocycles. The van der Waals surface area contributed by atoms with Crippen LogP contribution in [0.3, 0.4) is 0 Å². The highest BCUT2D eigenvalue weighted by Gasteiger charge is 2.17. The normalized spacial score (nSPS) is 11.8. The number of hydrogen-bond acceptors (Lipinski definition) is 2. The molecule has 126 valence electrons. The van der Waals surface area contributed by atoms with E-state index >= 15 is 0 Å². The molecule has 0 amide bonds. The Bertz CT molecular complexity index is 832. The molecule has 0 fully saturated rings. The van der Waals surface area contributed by atoms with Gasteiger partial charge in [0.15, 0.2) is 5.78 Å². The molecule has 0 saturated carbocycles. The van der Waals surface area contributed by atoms with Crippen LogP contribution in [0.5, 0.6) is 0 Å². The van der Waals surface area contributed by atoms with E-state index < -0.39 is 0 Å². The molecule has 3 rings (SSSR count). The van der Waals surface area contributed by atoms with Gasteiger partial charge in [0.1, 0.15) is 5.82 Å². The summed E-state index contributed by atoms with van der Waals surface area (Å²) in [6, 6.07) is 23.2. The van der Waals surface area contributed by atoms with Gasteiger partial charge < -0.3 is 5.32 Å². The third-order valence-corrected chi connectivity index (χ3v) is 4.47. The van der Waals surface area contributed by atoms with Gasteiger partial charge in [0.25, 0.3) is 0 Å². The first-order chi connectivity index (χ1) is 12.1. The van der Waals surface area contributed by atoms with Crippen molar-refractivity contribution in [3.8, 4) is 0 Å². The van der Waals surface area contributed by atoms with E-state index in [0.29, 0.717) is 5.56 Å². The fraction of sp³-hybridized carbons (Fsp3) is 0.0952. The summed E-state index contributed by atoms with van der Waals surface area (Å²) in [7, 11) is 0. The lowest BCUT2D eigenvalue weighted by Gasteiger charge is -2.20. The van der Waals surface area contributed by atoms with Crippen molar-refractivity contribution in [3.63, 3.8) is 0 Å². The Kier molecular flexibility index (Phi) is 5.61. The molecule has 0 saturated heterocycles. The highest BCUT2D eigenvalue weighted by Crippen LogP contribution is 2.26. The quantitative estimate of drug-likeness (QED) is 0.515. The van der Waals surface area contributed by atoms with Crippen molar-refractivity contribution in [2.45, 2.75) is 12.5 Å². The van der Waals surface area contributed by atoms with Gasteiger partial charge in [-0.05, 0) is 54.1 Å². The molecular weight excluding hydrogens is 381 g/mol. The maximum Gasteiger partial charge on any atom is 0.165 e. The van der Waals surface area contributed by atoms with Crippen LogP contribution in [-0.4, -0.2) is 5.78 Å². The number of rotatable bonds is 6. The van der Waals surface area contributed by atoms with Crippen molar-refractivity contribution in [2.24, 2.45) is 0 Å². The van der Waals surface area contributed by atoms with Crippen LogP contribution in [0.15, 0.2) is 83.3 Å². The van der Waals surface area contributed by atoms with Crippen molar-refractivity contribution in [3.05, 3.63) is 100 Å². The van der Waals surface area contributed by atoms with Gasteiger partial charge in [0, 0.05) is 22.1 Å². The van der Waals surface area contributed by atoms with E-state index in [1.165, 1.54) is 24.3 Å². The van der Waals surface area contributed by atoms with Crippen LogP contribution in [0, 0.1) is 5.82 Å². The lowest BCUT2D eigenvalue weighted by molar-refractivity contribution is 0.0976. The molecule has 0 aliphatic rings. The first-order valence-electron chi connectivity index (χ1n) is 7.97. The predicted molar refractivity (Wildman–Crippen MR) is 102 cm³/mol. The summed E-state index contributed by atoms with van der Waals surface area (Å²) >= 11 is 3.43. The standard InChI is InChI=1S/C21H17BrFNO/c22-17-10-6-15(7-11-17)20(24-19-4-2-1-3-5-19)14-21(25)16-8-12-18(23)13-9-16/h1-13,20,24H,14H2. The van der Waals surface area contributed by atoms with Gasteiger partial charge in [0.05, 0.1) is 6.04 Å². The van der Waals surface area contributed by atoms with Gasteiger partial charge in [-0.3, -0.25) is 4.79 Å². The Morgan fingerprint density at radius 1 is 0.920 bits per heavy atom. The molecule has 25 heavy (non-hydrogen) atoms. The van der Waals surface area contributed by atoms with Crippen LogP contribution in [0.4, 0.5) is 10.1 Å². The van der Waals surface area contributed by atoms with E-state index in [-0.39, 0.29) is 24.1 Å². The zero-order valence-corrected chi connectivity index (χ0v) is 15.0. The second-order valence-corrected chi connectivity index (χ2v) is 6.66. The maximum absolute atomic E-state index is 13.1. The summed E-state index contributed by atoms with van der Waals surface area (Å²) in [5, 5.41) is 3.42. The van der Waals surface area contributed by atoms with Gasteiger partial charge in [-0.1, -0.05) is 46.3 Å². The van der Waals surface area contributed by atoms with Gasteiger partial charge in [-0.25, -0.2) is 4.39 Å². The van der Waals surface area contributed by atoms with Crippen molar-refractivity contribution in [1.29, 1.82) is 0 Å². The monoisotopic (exact) mass is 397 g/mol. The number of anilines is 1. The summed E-state index contributed by atoms with van der Waals surface area (Å²) in [4.78, 5) is 12.6. The van der Waals surface area contributed by atoms with Gasteiger partial charge in [-0.15, -0.1) is 0 Å². The minimum atomic E-state index is -0.344. The molecule has 0 heterocycles. The lowest BCUT2D eigenvalue weighted by Crippen LogP contribution is -2.15. The van der Waals surface area contributed by atoms with Gasteiger partial charge in [0.2, 0.25) is 0 Å². The summed E-state index contributed by atoms with van der Waals surface area (Å²) < 4.78 is 14.1. The first-order valence-corrected chi connectivity index (χ1v) is 8.77. The van der Waals surface area contributed by atoms with E-state index in [1.807, 2.05) is 54.6 Å². The van der Waals surface area contributed by atoms with E-state index in [9.17, 15) is 9.18 Å². The summed E-state index contributed by atoms with van der Waals surface area (Å²) in [6.07, 6.45) is 0.280. The smallest absolute Gasteiger partial charge is 0.165 e. The van der Waals surface area contributed by atoms with Crippen LogP contribution in [0.1, 0.15) is 28.4 Å². The maximum atomic E-state index is 13.1. The lowest BCUT2D eigenvalue weighted by atomic mass is 9.97. The average molecular weight is 398 g/mol. The SMILES string of the molecule is O=C(CC(Nc1ccccc1)c1ccc(Br)cc1)c1ccc(F)cc1. The summed E-state index contributed by atoms with van der Waals surface area (Å²) in [5.41, 5.74) is 2.48. The van der Waals surface area contributed by atoms with Crippen LogP contribution in [0.2, 0.25) is 0 Å². The van der Waals surface area contributed by atoms with Crippen molar-refractivity contribution in [1.82, 2.24) is 0 Å². The van der Waals surface area contributed by atoms with Crippen molar-refractivity contribution >= 4 is 27.4 Å². The zero-order valence-electron chi connectivity index (χ0n) is 13.5. The van der Waals surface area contributed by atoms with E-state index in [4.69, 9.17) is 0 Å². The fourth-order valence-corrected chi connectivity index (χ4v) is 2.89. The Morgan fingerprint density at radius 3 is 2.20 bits per heavy atom. The van der Waals surface area contributed by atoms with Gasteiger partial charge in [-0.2, -0.15) is 0 Å². The first kappa shape index (κ1) is 17.4. The highest BCUT2D eigenvalue weighted by molar-refractivity contribution is 9.10. The number of nitrogens with one attached hydrogen (secondary N) is 1. The number of hydrogen-bond donors (Lipinski definition) is 1. The molecule has 4 heteroatoms. The Labute approximate surface area is 154 Å². The van der Waals surface area contributed by atoms with Crippen LogP contribution < -0.4 is 5.32 Å². The van der Waals surface area contributed by atoms with Crippen LogP contribution in [0.25, 0.3) is 0 Å². The number of carbonyl (C=O) groups is 1. The highest BCUT2D eigenvalue weighted by atomic mass is 79.9. The molecule has 0 spiro atoms. The largest absolute Gasteiger partial charge is 0.378 e. The molecule has 1 unspecified atom stereocenters. The second kappa shape index (κ2) is 8.08.